The van der Waals surface area contributed by atoms with E-state index in [0.29, 0.717) is 32.6 Å². The lowest BCUT2D eigenvalue weighted by molar-refractivity contribution is -0.0543. The maximum Gasteiger partial charge on any atom is 0.0863 e. The van der Waals surface area contributed by atoms with E-state index in [0.717, 1.165) is 16.3 Å². The zero-order valence-electron chi connectivity index (χ0n) is 10.0. The molecule has 0 aliphatic carbocycles. The molecule has 1 aromatic carbocycles. The minimum atomic E-state index is -0.660. The van der Waals surface area contributed by atoms with Crippen LogP contribution in [0.3, 0.4) is 0 Å². The van der Waals surface area contributed by atoms with Crippen molar-refractivity contribution in [2.45, 2.75) is 25.4 Å². The van der Waals surface area contributed by atoms with Crippen molar-refractivity contribution in [3.05, 3.63) is 28.8 Å². The molecule has 1 fully saturated rings. The van der Waals surface area contributed by atoms with Gasteiger partial charge in [0.05, 0.1) is 5.60 Å². The molecule has 3 nitrogen and oxygen atoms in total. The summed E-state index contributed by atoms with van der Waals surface area (Å²) < 4.78 is 5.25. The first kappa shape index (κ1) is 12.7. The first-order valence-electron chi connectivity index (χ1n) is 5.90. The normalized spacial score (nSPS) is 19.0. The average molecular weight is 256 g/mol. The number of benzene rings is 1. The Morgan fingerprint density at radius 1 is 1.41 bits per heavy atom. The second-order valence-corrected chi connectivity index (χ2v) is 5.01. The van der Waals surface area contributed by atoms with Crippen LogP contribution in [0.1, 0.15) is 18.4 Å². The molecule has 2 N–H and O–H groups in total. The largest absolute Gasteiger partial charge is 0.388 e. The lowest BCUT2D eigenvalue weighted by atomic mass is 9.94. The summed E-state index contributed by atoms with van der Waals surface area (Å²) in [5.74, 6) is 0. The molecular formula is C13H18ClNO2. The third kappa shape index (κ3) is 3.12. The highest BCUT2D eigenvalue weighted by Gasteiger charge is 2.29. The molecule has 0 radical (unpaired) electrons. The standard InChI is InChI=1S/C13H18ClNO2/c1-10-11(14)3-2-4-12(10)15-9-13(16)5-7-17-8-6-13/h2-4,15-16H,5-9H2,1H3. The van der Waals surface area contributed by atoms with Crippen LogP contribution in [0.15, 0.2) is 18.2 Å². The highest BCUT2D eigenvalue weighted by molar-refractivity contribution is 6.31. The van der Waals surface area contributed by atoms with Gasteiger partial charge in [-0.15, -0.1) is 0 Å². The van der Waals surface area contributed by atoms with Crippen LogP contribution >= 0.6 is 11.6 Å². The Balaban J connectivity index is 1.99. The predicted octanol–water partition coefficient (Wildman–Crippen LogP) is 2.60. The lowest BCUT2D eigenvalue weighted by Crippen LogP contribution is -2.42. The van der Waals surface area contributed by atoms with Crippen molar-refractivity contribution < 1.29 is 9.84 Å². The van der Waals surface area contributed by atoms with Crippen LogP contribution in [0.4, 0.5) is 5.69 Å². The highest BCUT2D eigenvalue weighted by Crippen LogP contribution is 2.25. The Kier molecular flexibility index (Phi) is 3.92. The number of halogens is 1. The van der Waals surface area contributed by atoms with Crippen molar-refractivity contribution in [2.24, 2.45) is 0 Å². The molecule has 1 aromatic rings. The fraction of sp³-hybridized carbons (Fsp3) is 0.538. The van der Waals surface area contributed by atoms with Gasteiger partial charge in [0.2, 0.25) is 0 Å². The van der Waals surface area contributed by atoms with Gasteiger partial charge in [0.1, 0.15) is 0 Å². The monoisotopic (exact) mass is 255 g/mol. The van der Waals surface area contributed by atoms with Gasteiger partial charge in [0, 0.05) is 43.3 Å². The summed E-state index contributed by atoms with van der Waals surface area (Å²) in [5.41, 5.74) is 1.34. The minimum absolute atomic E-state index is 0.539. The summed E-state index contributed by atoms with van der Waals surface area (Å²) in [6.07, 6.45) is 1.36. The van der Waals surface area contributed by atoms with E-state index in [9.17, 15) is 5.11 Å². The van der Waals surface area contributed by atoms with Crippen molar-refractivity contribution >= 4 is 17.3 Å². The summed E-state index contributed by atoms with van der Waals surface area (Å²) >= 11 is 6.05. The molecule has 0 unspecified atom stereocenters. The lowest BCUT2D eigenvalue weighted by Gasteiger charge is -2.32. The van der Waals surface area contributed by atoms with E-state index in [-0.39, 0.29) is 0 Å². The van der Waals surface area contributed by atoms with E-state index in [1.165, 1.54) is 0 Å². The van der Waals surface area contributed by atoms with Crippen LogP contribution in [0.2, 0.25) is 5.02 Å². The molecule has 1 aliphatic rings. The smallest absolute Gasteiger partial charge is 0.0863 e. The number of hydrogen-bond donors (Lipinski definition) is 2. The van der Waals surface area contributed by atoms with Gasteiger partial charge < -0.3 is 15.2 Å². The topological polar surface area (TPSA) is 41.5 Å². The third-order valence-corrected chi connectivity index (χ3v) is 3.71. The Bertz CT molecular complexity index is 389. The molecule has 1 saturated heterocycles. The van der Waals surface area contributed by atoms with Crippen molar-refractivity contribution in [3.63, 3.8) is 0 Å². The first-order chi connectivity index (χ1) is 8.11. The summed E-state index contributed by atoms with van der Waals surface area (Å²) in [4.78, 5) is 0. The van der Waals surface area contributed by atoms with E-state index in [2.05, 4.69) is 5.32 Å². The number of anilines is 1. The van der Waals surface area contributed by atoms with Gasteiger partial charge >= 0.3 is 0 Å². The van der Waals surface area contributed by atoms with Gasteiger partial charge in [-0.2, -0.15) is 0 Å². The molecule has 1 aliphatic heterocycles. The molecule has 0 amide bonds. The SMILES string of the molecule is Cc1c(Cl)cccc1NCC1(O)CCOCC1. The second-order valence-electron chi connectivity index (χ2n) is 4.60. The van der Waals surface area contributed by atoms with Gasteiger partial charge in [-0.1, -0.05) is 17.7 Å². The van der Waals surface area contributed by atoms with Gasteiger partial charge in [-0.3, -0.25) is 0 Å². The number of rotatable bonds is 3. The molecule has 0 saturated carbocycles. The molecule has 0 atom stereocenters. The van der Waals surface area contributed by atoms with Gasteiger partial charge in [-0.25, -0.2) is 0 Å². The zero-order valence-corrected chi connectivity index (χ0v) is 10.8. The van der Waals surface area contributed by atoms with Crippen molar-refractivity contribution in [1.82, 2.24) is 0 Å². The van der Waals surface area contributed by atoms with Gasteiger partial charge in [-0.05, 0) is 24.6 Å². The Hall–Kier alpha value is -0.770. The molecule has 1 heterocycles. The summed E-state index contributed by atoms with van der Waals surface area (Å²) in [5, 5.41) is 14.3. The molecule has 2 rings (SSSR count). The van der Waals surface area contributed by atoms with Crippen LogP contribution in [0.5, 0.6) is 0 Å². The summed E-state index contributed by atoms with van der Waals surface area (Å²) in [7, 11) is 0. The molecular weight excluding hydrogens is 238 g/mol. The van der Waals surface area contributed by atoms with Gasteiger partial charge in [0.15, 0.2) is 0 Å². The maximum absolute atomic E-state index is 10.3. The molecule has 4 heteroatoms. The van der Waals surface area contributed by atoms with E-state index >= 15 is 0 Å². The van der Waals surface area contributed by atoms with Crippen LogP contribution in [0.25, 0.3) is 0 Å². The molecule has 0 spiro atoms. The van der Waals surface area contributed by atoms with E-state index in [1.807, 2.05) is 25.1 Å². The van der Waals surface area contributed by atoms with Crippen LogP contribution in [-0.2, 0) is 4.74 Å². The van der Waals surface area contributed by atoms with Crippen molar-refractivity contribution in [2.75, 3.05) is 25.1 Å². The van der Waals surface area contributed by atoms with Crippen LogP contribution < -0.4 is 5.32 Å². The van der Waals surface area contributed by atoms with Gasteiger partial charge in [0.25, 0.3) is 0 Å². The fourth-order valence-corrected chi connectivity index (χ4v) is 2.16. The van der Waals surface area contributed by atoms with E-state index < -0.39 is 5.60 Å². The Morgan fingerprint density at radius 2 is 2.12 bits per heavy atom. The summed E-state index contributed by atoms with van der Waals surface area (Å²) in [6.45, 7) is 3.77. The highest BCUT2D eigenvalue weighted by atomic mass is 35.5. The molecule has 0 aromatic heterocycles. The number of aliphatic hydroxyl groups is 1. The van der Waals surface area contributed by atoms with Crippen molar-refractivity contribution in [1.29, 1.82) is 0 Å². The average Bonchev–Trinajstić information content (AvgIpc) is 2.32. The van der Waals surface area contributed by atoms with Crippen molar-refractivity contribution in [3.8, 4) is 0 Å². The zero-order chi connectivity index (χ0) is 12.3. The molecule has 94 valence electrons. The predicted molar refractivity (Wildman–Crippen MR) is 69.7 cm³/mol. The molecule has 17 heavy (non-hydrogen) atoms. The maximum atomic E-state index is 10.3. The number of ether oxygens (including phenoxy) is 1. The molecule has 0 bridgehead atoms. The third-order valence-electron chi connectivity index (χ3n) is 3.30. The summed E-state index contributed by atoms with van der Waals surface area (Å²) in [6, 6.07) is 5.75. The first-order valence-corrected chi connectivity index (χ1v) is 6.28. The quantitative estimate of drug-likeness (QED) is 0.872. The second kappa shape index (κ2) is 5.25. The van der Waals surface area contributed by atoms with E-state index in [4.69, 9.17) is 16.3 Å². The minimum Gasteiger partial charge on any atom is -0.388 e. The van der Waals surface area contributed by atoms with Crippen LogP contribution in [-0.4, -0.2) is 30.5 Å². The Labute approximate surface area is 107 Å². The number of nitrogens with one attached hydrogen (secondary N) is 1. The van der Waals surface area contributed by atoms with E-state index in [1.54, 1.807) is 0 Å². The Morgan fingerprint density at radius 3 is 2.82 bits per heavy atom. The number of hydrogen-bond acceptors (Lipinski definition) is 3. The fourth-order valence-electron chi connectivity index (χ4n) is 1.99. The van der Waals surface area contributed by atoms with Crippen LogP contribution in [0, 0.1) is 6.92 Å².